The molecule has 1 atom stereocenters. The van der Waals surface area contributed by atoms with Crippen LogP contribution in [-0.4, -0.2) is 77.6 Å². The van der Waals surface area contributed by atoms with Gasteiger partial charge in [0.05, 0.1) is 23.7 Å². The maximum absolute atomic E-state index is 13.8. The number of carbonyl (C=O) groups excluding carboxylic acids is 1. The van der Waals surface area contributed by atoms with Crippen LogP contribution < -0.4 is 16.2 Å². The fourth-order valence-electron chi connectivity index (χ4n) is 4.83. The number of carbonyl (C=O) groups is 1. The number of amides is 1. The number of nitrogens with zero attached hydrogens (tertiary/aromatic N) is 6. The summed E-state index contributed by atoms with van der Waals surface area (Å²) in [7, 11) is 2.05. The van der Waals surface area contributed by atoms with Gasteiger partial charge in [-0.05, 0) is 31.5 Å². The Hall–Kier alpha value is -3.26. The van der Waals surface area contributed by atoms with Gasteiger partial charge in [0.15, 0.2) is 0 Å². The molecule has 0 aliphatic carbocycles. The van der Waals surface area contributed by atoms with Crippen molar-refractivity contribution in [2.45, 2.75) is 25.4 Å². The molecule has 0 bridgehead atoms. The Morgan fingerprint density at radius 3 is 2.74 bits per heavy atom. The molecule has 2 aliphatic rings. The predicted octanol–water partition coefficient (Wildman–Crippen LogP) is 1.69. The molecule has 35 heavy (non-hydrogen) atoms. The first-order chi connectivity index (χ1) is 17.0. The van der Waals surface area contributed by atoms with Gasteiger partial charge in [0.25, 0.3) is 11.5 Å². The third-order valence-electron chi connectivity index (χ3n) is 6.89. The summed E-state index contributed by atoms with van der Waals surface area (Å²) >= 11 is 1.26. The van der Waals surface area contributed by atoms with E-state index in [0.717, 1.165) is 38.0 Å². The molecule has 0 radical (unpaired) electrons. The van der Waals surface area contributed by atoms with E-state index in [0.29, 0.717) is 46.9 Å². The van der Waals surface area contributed by atoms with Crippen LogP contribution in [0.15, 0.2) is 34.4 Å². The van der Waals surface area contributed by atoms with Crippen LogP contribution in [0, 0.1) is 11.3 Å². The number of thiophene rings is 1. The number of fused-ring (bicyclic) bond motifs is 1. The predicted molar refractivity (Wildman–Crippen MR) is 137 cm³/mol. The monoisotopic (exact) mass is 491 g/mol. The number of hydrogen-bond acceptors (Lipinski definition) is 8. The van der Waals surface area contributed by atoms with Crippen molar-refractivity contribution in [1.82, 2.24) is 19.4 Å². The molecule has 0 saturated carbocycles. The Kier molecular flexibility index (Phi) is 6.56. The lowest BCUT2D eigenvalue weighted by molar-refractivity contribution is 0.0666. The number of hydrogen-bond donors (Lipinski definition) is 1. The Morgan fingerprint density at radius 1 is 1.23 bits per heavy atom. The zero-order chi connectivity index (χ0) is 24.5. The Bertz CT molecular complexity index is 1350. The summed E-state index contributed by atoms with van der Waals surface area (Å²) < 4.78 is 2.10. The average Bonchev–Trinajstić information content (AvgIpc) is 3.30. The number of nitrogens with two attached hydrogens (primary N) is 1. The van der Waals surface area contributed by atoms with Gasteiger partial charge in [-0.15, -0.1) is 11.3 Å². The summed E-state index contributed by atoms with van der Waals surface area (Å²) in [6.45, 7) is 4.50. The number of anilines is 1. The minimum atomic E-state index is -0.195. The van der Waals surface area contributed by atoms with Gasteiger partial charge in [0.1, 0.15) is 10.2 Å². The van der Waals surface area contributed by atoms with Gasteiger partial charge in [-0.3, -0.25) is 14.2 Å². The van der Waals surface area contributed by atoms with Crippen LogP contribution in [0.3, 0.4) is 0 Å². The molecule has 2 fully saturated rings. The third-order valence-corrected chi connectivity index (χ3v) is 7.84. The zero-order valence-corrected chi connectivity index (χ0v) is 20.6. The van der Waals surface area contributed by atoms with E-state index in [9.17, 15) is 14.9 Å². The van der Waals surface area contributed by atoms with Crippen LogP contribution in [0.4, 0.5) is 5.95 Å². The molecule has 9 nitrogen and oxygen atoms in total. The molecule has 10 heteroatoms. The van der Waals surface area contributed by atoms with Crippen molar-refractivity contribution in [2.24, 2.45) is 5.73 Å². The molecule has 5 rings (SSSR count). The minimum absolute atomic E-state index is 0.00916. The maximum atomic E-state index is 13.8. The highest BCUT2D eigenvalue weighted by Crippen LogP contribution is 2.27. The van der Waals surface area contributed by atoms with Gasteiger partial charge in [-0.1, -0.05) is 18.2 Å². The van der Waals surface area contributed by atoms with E-state index in [1.807, 2.05) is 35.0 Å². The first kappa shape index (κ1) is 23.5. The number of aromatic nitrogens is 2. The number of piperidine rings is 1. The van der Waals surface area contributed by atoms with E-state index >= 15 is 0 Å². The highest BCUT2D eigenvalue weighted by molar-refractivity contribution is 7.17. The van der Waals surface area contributed by atoms with Gasteiger partial charge in [-0.2, -0.15) is 5.26 Å². The van der Waals surface area contributed by atoms with E-state index in [-0.39, 0.29) is 24.1 Å². The van der Waals surface area contributed by atoms with Gasteiger partial charge in [0, 0.05) is 50.7 Å². The van der Waals surface area contributed by atoms with Crippen LogP contribution in [0.1, 0.15) is 34.3 Å². The fourth-order valence-corrected chi connectivity index (χ4v) is 5.76. The largest absolute Gasteiger partial charge is 0.341 e. The SMILES string of the molecule is CN1CCN(C(=O)c2csc3c(=O)n(Cc4ccccc4C#N)c(N4CCC[C@@H](N)C4)nc23)CC1. The maximum Gasteiger partial charge on any atom is 0.273 e. The van der Waals surface area contributed by atoms with Crippen LogP contribution in [0.2, 0.25) is 0 Å². The van der Waals surface area contributed by atoms with Crippen LogP contribution in [0.25, 0.3) is 10.2 Å². The van der Waals surface area contributed by atoms with Crippen molar-refractivity contribution in [1.29, 1.82) is 5.26 Å². The molecule has 1 amide bonds. The van der Waals surface area contributed by atoms with Crippen molar-refractivity contribution in [3.63, 3.8) is 0 Å². The summed E-state index contributed by atoms with van der Waals surface area (Å²) in [5, 5.41) is 11.3. The summed E-state index contributed by atoms with van der Waals surface area (Å²) in [6.07, 6.45) is 1.83. The second kappa shape index (κ2) is 9.77. The molecular formula is C25H29N7O2S. The molecule has 3 aromatic rings. The number of likely N-dealkylation sites (N-methyl/N-ethyl adjacent to an activating group) is 1. The fraction of sp³-hybridized carbons (Fsp3) is 0.440. The van der Waals surface area contributed by atoms with Crippen molar-refractivity contribution >= 4 is 33.4 Å². The van der Waals surface area contributed by atoms with Crippen molar-refractivity contribution < 1.29 is 4.79 Å². The standard InChI is InChI=1S/C25H29N7O2S/c1-29-9-11-30(12-10-29)23(33)20-16-35-22-21(20)28-25(31-8-4-7-19(27)15-31)32(24(22)34)14-18-6-3-2-5-17(18)13-26/h2-3,5-6,16,19H,4,7-12,14-15,27H2,1H3/t19-/m1/s1. The first-order valence-electron chi connectivity index (χ1n) is 11.9. The lowest BCUT2D eigenvalue weighted by Gasteiger charge is -2.33. The van der Waals surface area contributed by atoms with Crippen LogP contribution in [0.5, 0.6) is 0 Å². The lowest BCUT2D eigenvalue weighted by atomic mass is 10.1. The highest BCUT2D eigenvalue weighted by Gasteiger charge is 2.28. The topological polar surface area (TPSA) is 111 Å². The van der Waals surface area contributed by atoms with E-state index in [1.54, 1.807) is 16.0 Å². The molecule has 182 valence electrons. The molecule has 4 heterocycles. The van der Waals surface area contributed by atoms with E-state index in [2.05, 4.69) is 11.0 Å². The molecule has 1 aromatic carbocycles. The highest BCUT2D eigenvalue weighted by atomic mass is 32.1. The molecule has 0 spiro atoms. The zero-order valence-electron chi connectivity index (χ0n) is 19.8. The van der Waals surface area contributed by atoms with Gasteiger partial charge in [0.2, 0.25) is 5.95 Å². The van der Waals surface area contributed by atoms with Crippen LogP contribution in [-0.2, 0) is 6.54 Å². The first-order valence-corrected chi connectivity index (χ1v) is 12.8. The van der Waals surface area contributed by atoms with Crippen molar-refractivity contribution in [3.8, 4) is 6.07 Å². The normalized spacial score (nSPS) is 19.2. The average molecular weight is 492 g/mol. The summed E-state index contributed by atoms with van der Waals surface area (Å²) in [4.78, 5) is 38.2. The lowest BCUT2D eigenvalue weighted by Crippen LogP contribution is -2.47. The van der Waals surface area contributed by atoms with E-state index < -0.39 is 0 Å². The number of benzene rings is 1. The van der Waals surface area contributed by atoms with E-state index in [4.69, 9.17) is 10.7 Å². The number of nitriles is 1. The smallest absolute Gasteiger partial charge is 0.273 e. The molecular weight excluding hydrogens is 462 g/mol. The quantitative estimate of drug-likeness (QED) is 0.591. The summed E-state index contributed by atoms with van der Waals surface area (Å²) in [6, 6.07) is 9.49. The Labute approximate surface area is 208 Å². The Morgan fingerprint density at radius 2 is 2.00 bits per heavy atom. The van der Waals surface area contributed by atoms with Crippen molar-refractivity contribution in [2.75, 3.05) is 51.2 Å². The van der Waals surface area contributed by atoms with Gasteiger partial charge in [-0.25, -0.2) is 4.98 Å². The van der Waals surface area contributed by atoms with E-state index in [1.165, 1.54) is 11.3 Å². The second-order valence-electron chi connectivity index (χ2n) is 9.34. The Balaban J connectivity index is 1.61. The molecule has 2 saturated heterocycles. The summed E-state index contributed by atoms with van der Waals surface area (Å²) in [5.41, 5.74) is 8.30. The number of piperazine rings is 1. The van der Waals surface area contributed by atoms with Crippen LogP contribution >= 0.6 is 11.3 Å². The minimum Gasteiger partial charge on any atom is -0.341 e. The number of rotatable bonds is 4. The second-order valence-corrected chi connectivity index (χ2v) is 10.2. The molecule has 2 aromatic heterocycles. The van der Waals surface area contributed by atoms with Gasteiger partial charge < -0.3 is 20.4 Å². The molecule has 2 N–H and O–H groups in total. The van der Waals surface area contributed by atoms with Crippen molar-refractivity contribution in [3.05, 3.63) is 56.7 Å². The summed E-state index contributed by atoms with van der Waals surface area (Å²) in [5.74, 6) is 0.432. The van der Waals surface area contributed by atoms with Gasteiger partial charge >= 0.3 is 0 Å². The molecule has 0 unspecified atom stereocenters. The molecule has 2 aliphatic heterocycles. The third kappa shape index (κ3) is 4.55.